The summed E-state index contributed by atoms with van der Waals surface area (Å²) in [6.45, 7) is 0. The van der Waals surface area contributed by atoms with E-state index in [1.165, 1.54) is 0 Å². The molecule has 0 bridgehead atoms. The van der Waals surface area contributed by atoms with E-state index in [1.54, 1.807) is 0 Å². The van der Waals surface area contributed by atoms with Crippen LogP contribution in [0, 0.1) is 5.92 Å². The van der Waals surface area contributed by atoms with Crippen molar-refractivity contribution in [1.29, 1.82) is 0 Å². The molecule has 2 fully saturated rings. The molecule has 0 aromatic carbocycles. The molecule has 2 aliphatic rings. The van der Waals surface area contributed by atoms with Gasteiger partial charge >= 0.3 is 5.97 Å². The number of hydrogen-bond acceptors (Lipinski definition) is 3. The zero-order valence-corrected chi connectivity index (χ0v) is 10.6. The van der Waals surface area contributed by atoms with Gasteiger partial charge in [0, 0.05) is 6.04 Å². The van der Waals surface area contributed by atoms with Crippen LogP contribution in [0.5, 0.6) is 0 Å². The van der Waals surface area contributed by atoms with Crippen LogP contribution in [0.4, 0.5) is 0 Å². The molecule has 2 aliphatic carbocycles. The molecule has 0 spiro atoms. The molecule has 0 amide bonds. The standard InChI is InChI=1S/C11H19NO4S/c13-11(14)7-10(8-5-6-8)12-17(15,16)9-3-1-2-4-9/h8-10,12H,1-7H2,(H,13,14). The summed E-state index contributed by atoms with van der Waals surface area (Å²) in [7, 11) is -3.32. The second kappa shape index (κ2) is 4.94. The average molecular weight is 261 g/mol. The van der Waals surface area contributed by atoms with Gasteiger partial charge in [-0.05, 0) is 31.6 Å². The van der Waals surface area contributed by atoms with Crippen molar-refractivity contribution in [1.82, 2.24) is 4.72 Å². The second-order valence-electron chi connectivity index (χ2n) is 5.11. The number of sulfonamides is 1. The molecule has 0 heterocycles. The molecule has 0 aliphatic heterocycles. The predicted molar refractivity (Wildman–Crippen MR) is 63.1 cm³/mol. The Morgan fingerprint density at radius 1 is 1.24 bits per heavy atom. The number of carboxylic acid groups (broad SMARTS) is 1. The lowest BCUT2D eigenvalue weighted by Gasteiger charge is -2.19. The molecule has 0 saturated heterocycles. The normalized spacial score (nSPS) is 23.8. The van der Waals surface area contributed by atoms with Crippen LogP contribution in [-0.4, -0.2) is 30.8 Å². The van der Waals surface area contributed by atoms with Crippen molar-refractivity contribution < 1.29 is 18.3 Å². The molecular formula is C11H19NO4S. The third kappa shape index (κ3) is 3.42. The summed E-state index contributed by atoms with van der Waals surface area (Å²) in [5.41, 5.74) is 0. The summed E-state index contributed by atoms with van der Waals surface area (Å²) >= 11 is 0. The number of nitrogens with one attached hydrogen (secondary N) is 1. The van der Waals surface area contributed by atoms with Crippen LogP contribution in [0.25, 0.3) is 0 Å². The highest BCUT2D eigenvalue weighted by atomic mass is 32.2. The Bertz CT molecular complexity index is 382. The van der Waals surface area contributed by atoms with Crippen LogP contribution in [0.2, 0.25) is 0 Å². The largest absolute Gasteiger partial charge is 0.481 e. The van der Waals surface area contributed by atoms with Gasteiger partial charge in [-0.1, -0.05) is 12.8 Å². The smallest absolute Gasteiger partial charge is 0.304 e. The van der Waals surface area contributed by atoms with Crippen molar-refractivity contribution in [3.8, 4) is 0 Å². The molecule has 0 aromatic heterocycles. The van der Waals surface area contributed by atoms with Crippen molar-refractivity contribution >= 4 is 16.0 Å². The molecule has 5 nitrogen and oxygen atoms in total. The van der Waals surface area contributed by atoms with Crippen LogP contribution in [0.15, 0.2) is 0 Å². The average Bonchev–Trinajstić information content (AvgIpc) is 2.90. The topological polar surface area (TPSA) is 83.5 Å². The van der Waals surface area contributed by atoms with Crippen molar-refractivity contribution in [3.05, 3.63) is 0 Å². The lowest BCUT2D eigenvalue weighted by Crippen LogP contribution is -2.42. The number of carboxylic acids is 1. The SMILES string of the molecule is O=C(O)CC(NS(=O)(=O)C1CCCC1)C1CC1. The highest BCUT2D eigenvalue weighted by Crippen LogP contribution is 2.35. The predicted octanol–water partition coefficient (Wildman–Crippen LogP) is 1.10. The van der Waals surface area contributed by atoms with Gasteiger partial charge in [0.15, 0.2) is 0 Å². The van der Waals surface area contributed by atoms with E-state index in [2.05, 4.69) is 4.72 Å². The number of rotatable bonds is 6. The second-order valence-corrected chi connectivity index (χ2v) is 7.10. The Hall–Kier alpha value is -0.620. The maximum atomic E-state index is 12.1. The quantitative estimate of drug-likeness (QED) is 0.750. The third-order valence-corrected chi connectivity index (χ3v) is 5.62. The van der Waals surface area contributed by atoms with Gasteiger partial charge in [0.25, 0.3) is 0 Å². The first-order chi connectivity index (χ1) is 7.99. The highest BCUT2D eigenvalue weighted by Gasteiger charge is 2.38. The molecule has 1 atom stereocenters. The maximum Gasteiger partial charge on any atom is 0.304 e. The van der Waals surface area contributed by atoms with Crippen LogP contribution in [0.1, 0.15) is 44.9 Å². The Morgan fingerprint density at radius 3 is 2.29 bits per heavy atom. The van der Waals surface area contributed by atoms with E-state index >= 15 is 0 Å². The summed E-state index contributed by atoms with van der Waals surface area (Å²) < 4.78 is 26.7. The molecule has 6 heteroatoms. The van der Waals surface area contributed by atoms with Gasteiger partial charge in [-0.15, -0.1) is 0 Å². The lowest BCUT2D eigenvalue weighted by molar-refractivity contribution is -0.137. The van der Waals surface area contributed by atoms with Crippen molar-refractivity contribution in [2.45, 2.75) is 56.2 Å². The minimum atomic E-state index is -3.32. The van der Waals surface area contributed by atoms with Crippen LogP contribution in [-0.2, 0) is 14.8 Å². The molecule has 2 saturated carbocycles. The van der Waals surface area contributed by atoms with Gasteiger partial charge in [-0.3, -0.25) is 4.79 Å². The summed E-state index contributed by atoms with van der Waals surface area (Å²) in [4.78, 5) is 10.7. The molecule has 0 aromatic rings. The third-order valence-electron chi connectivity index (χ3n) is 3.64. The Kier molecular flexibility index (Phi) is 3.73. The molecule has 2 N–H and O–H groups in total. The monoisotopic (exact) mass is 261 g/mol. The van der Waals surface area contributed by atoms with E-state index < -0.39 is 22.0 Å². The van der Waals surface area contributed by atoms with Crippen LogP contribution < -0.4 is 4.72 Å². The molecule has 1 unspecified atom stereocenters. The van der Waals surface area contributed by atoms with Gasteiger partial charge in [-0.2, -0.15) is 0 Å². The van der Waals surface area contributed by atoms with Crippen LogP contribution >= 0.6 is 0 Å². The fourth-order valence-corrected chi connectivity index (χ4v) is 4.34. The molecule has 2 rings (SSSR count). The zero-order valence-electron chi connectivity index (χ0n) is 9.76. The van der Waals surface area contributed by atoms with Gasteiger partial charge < -0.3 is 5.11 Å². The molecule has 98 valence electrons. The van der Waals surface area contributed by atoms with E-state index in [9.17, 15) is 13.2 Å². The van der Waals surface area contributed by atoms with E-state index in [0.717, 1.165) is 25.7 Å². The summed E-state index contributed by atoms with van der Waals surface area (Å²) in [6.07, 6.45) is 5.10. The first kappa shape index (κ1) is 12.8. The Balaban J connectivity index is 1.98. The van der Waals surface area contributed by atoms with E-state index in [-0.39, 0.29) is 17.6 Å². The molecule has 0 radical (unpaired) electrons. The first-order valence-corrected chi connectivity index (χ1v) is 7.76. The highest BCUT2D eigenvalue weighted by molar-refractivity contribution is 7.90. The van der Waals surface area contributed by atoms with E-state index in [1.807, 2.05) is 0 Å². The van der Waals surface area contributed by atoms with Crippen molar-refractivity contribution in [2.24, 2.45) is 5.92 Å². The van der Waals surface area contributed by atoms with Gasteiger partial charge in [0.2, 0.25) is 10.0 Å². The van der Waals surface area contributed by atoms with Crippen LogP contribution in [0.3, 0.4) is 0 Å². The minimum Gasteiger partial charge on any atom is -0.481 e. The first-order valence-electron chi connectivity index (χ1n) is 6.22. The molecular weight excluding hydrogens is 242 g/mol. The number of carbonyl (C=O) groups is 1. The van der Waals surface area contributed by atoms with Crippen molar-refractivity contribution in [2.75, 3.05) is 0 Å². The Labute approximate surface area is 102 Å². The zero-order chi connectivity index (χ0) is 12.5. The van der Waals surface area contributed by atoms with E-state index in [4.69, 9.17) is 5.11 Å². The lowest BCUT2D eigenvalue weighted by atomic mass is 10.1. The molecule has 17 heavy (non-hydrogen) atoms. The Morgan fingerprint density at radius 2 is 1.82 bits per heavy atom. The fraction of sp³-hybridized carbons (Fsp3) is 0.909. The summed E-state index contributed by atoms with van der Waals surface area (Å²) in [5, 5.41) is 8.48. The number of hydrogen-bond donors (Lipinski definition) is 2. The van der Waals surface area contributed by atoms with Crippen molar-refractivity contribution in [3.63, 3.8) is 0 Å². The van der Waals surface area contributed by atoms with E-state index in [0.29, 0.717) is 12.8 Å². The fourth-order valence-electron chi connectivity index (χ4n) is 2.50. The van der Waals surface area contributed by atoms with Gasteiger partial charge in [0.05, 0.1) is 11.7 Å². The van der Waals surface area contributed by atoms with Gasteiger partial charge in [-0.25, -0.2) is 13.1 Å². The minimum absolute atomic E-state index is 0.101. The summed E-state index contributed by atoms with van der Waals surface area (Å²) in [5.74, 6) is -0.710. The van der Waals surface area contributed by atoms with Gasteiger partial charge in [0.1, 0.15) is 0 Å². The summed E-state index contributed by atoms with van der Waals surface area (Å²) in [6, 6.07) is -0.405. The maximum absolute atomic E-state index is 12.1. The number of aliphatic carboxylic acids is 1.